The summed E-state index contributed by atoms with van der Waals surface area (Å²) in [4.78, 5) is 18.2. The average Bonchev–Trinajstić information content (AvgIpc) is 2.57. The molecule has 0 saturated heterocycles. The van der Waals surface area contributed by atoms with Gasteiger partial charge in [0.1, 0.15) is 5.75 Å². The molecule has 0 atom stereocenters. The van der Waals surface area contributed by atoms with E-state index in [1.165, 1.54) is 16.7 Å². The van der Waals surface area contributed by atoms with Crippen molar-refractivity contribution in [1.82, 2.24) is 5.32 Å². The third-order valence-corrected chi connectivity index (χ3v) is 3.25. The van der Waals surface area contributed by atoms with Crippen LogP contribution in [0.4, 0.5) is 0 Å². The molecule has 0 fully saturated rings. The molecule has 0 aliphatic heterocycles. The maximum absolute atomic E-state index is 9.10. The van der Waals surface area contributed by atoms with Crippen LogP contribution in [0.3, 0.4) is 0 Å². The number of ether oxygens (including phenoxy) is 1. The molecule has 0 bridgehead atoms. The zero-order valence-corrected chi connectivity index (χ0v) is 13.7. The summed E-state index contributed by atoms with van der Waals surface area (Å²) in [7, 11) is 1.69. The summed E-state index contributed by atoms with van der Waals surface area (Å²) in [5.41, 5.74) is 3.95. The van der Waals surface area contributed by atoms with Gasteiger partial charge in [-0.1, -0.05) is 36.4 Å². The summed E-state index contributed by atoms with van der Waals surface area (Å²) in [5.74, 6) is -2.75. The first kappa shape index (κ1) is 19.2. The fraction of sp³-hybridized carbons (Fsp3) is 0.222. The molecule has 2 aromatic carbocycles. The van der Waals surface area contributed by atoms with Crippen LogP contribution in [0.5, 0.6) is 5.75 Å². The van der Waals surface area contributed by atoms with Gasteiger partial charge in [-0.05, 0) is 35.7 Å². The van der Waals surface area contributed by atoms with E-state index in [-0.39, 0.29) is 0 Å². The molecule has 3 N–H and O–H groups in total. The molecular weight excluding hydrogens is 310 g/mol. The second kappa shape index (κ2) is 10.0. The van der Waals surface area contributed by atoms with Gasteiger partial charge in [-0.2, -0.15) is 0 Å². The number of aliphatic carboxylic acids is 2. The molecule has 0 aliphatic carbocycles. The van der Waals surface area contributed by atoms with Crippen molar-refractivity contribution < 1.29 is 24.5 Å². The van der Waals surface area contributed by atoms with Gasteiger partial charge < -0.3 is 20.3 Å². The lowest BCUT2D eigenvalue weighted by Gasteiger charge is -2.08. The van der Waals surface area contributed by atoms with Crippen molar-refractivity contribution in [3.05, 3.63) is 65.2 Å². The highest BCUT2D eigenvalue weighted by atomic mass is 16.5. The monoisotopic (exact) mass is 331 g/mol. The highest BCUT2D eigenvalue weighted by Crippen LogP contribution is 2.11. The molecule has 6 heteroatoms. The lowest BCUT2D eigenvalue weighted by atomic mass is 10.1. The number of benzene rings is 2. The fourth-order valence-electron chi connectivity index (χ4n) is 1.89. The predicted molar refractivity (Wildman–Crippen MR) is 90.0 cm³/mol. The molecule has 24 heavy (non-hydrogen) atoms. The van der Waals surface area contributed by atoms with Crippen molar-refractivity contribution in [3.63, 3.8) is 0 Å². The number of hydrogen-bond donors (Lipinski definition) is 3. The van der Waals surface area contributed by atoms with Gasteiger partial charge >= 0.3 is 11.9 Å². The molecular formula is C18H21NO5. The van der Waals surface area contributed by atoms with E-state index in [1.807, 2.05) is 12.1 Å². The standard InChI is InChI=1S/C16H19NO.C2H2O4/c1-13-5-3-4-6-15(13)12-17-11-14-7-9-16(18-2)10-8-14;3-1(4)2(5)6/h3-10,17H,11-12H2,1-2H3;(H,3,4)(H,5,6). The van der Waals surface area contributed by atoms with Crippen molar-refractivity contribution >= 4 is 11.9 Å². The summed E-state index contributed by atoms with van der Waals surface area (Å²) in [6, 6.07) is 16.6. The van der Waals surface area contributed by atoms with Crippen LogP contribution < -0.4 is 10.1 Å². The Kier molecular flexibility index (Phi) is 8.01. The van der Waals surface area contributed by atoms with E-state index in [1.54, 1.807) is 7.11 Å². The molecule has 0 aliphatic rings. The Bertz CT molecular complexity index is 655. The average molecular weight is 331 g/mol. The molecule has 0 radical (unpaired) electrons. The Morgan fingerprint density at radius 1 is 0.958 bits per heavy atom. The third kappa shape index (κ3) is 6.93. The summed E-state index contributed by atoms with van der Waals surface area (Å²) in [6.45, 7) is 3.92. The van der Waals surface area contributed by atoms with Gasteiger partial charge in [0.25, 0.3) is 0 Å². The first-order chi connectivity index (χ1) is 11.4. The number of methoxy groups -OCH3 is 1. The van der Waals surface area contributed by atoms with Crippen molar-refractivity contribution in [1.29, 1.82) is 0 Å². The van der Waals surface area contributed by atoms with Crippen LogP contribution in [0, 0.1) is 6.92 Å². The predicted octanol–water partition coefficient (Wildman–Crippen LogP) is 2.45. The van der Waals surface area contributed by atoms with Gasteiger partial charge in [-0.3, -0.25) is 0 Å². The Morgan fingerprint density at radius 3 is 2.04 bits per heavy atom. The van der Waals surface area contributed by atoms with Crippen LogP contribution in [-0.2, 0) is 22.7 Å². The molecule has 2 rings (SSSR count). The zero-order chi connectivity index (χ0) is 17.9. The number of rotatable bonds is 5. The number of nitrogens with one attached hydrogen (secondary N) is 1. The van der Waals surface area contributed by atoms with Crippen LogP contribution >= 0.6 is 0 Å². The Labute approximate surface area is 140 Å². The molecule has 0 spiro atoms. The molecule has 6 nitrogen and oxygen atoms in total. The minimum absolute atomic E-state index is 0.873. The Morgan fingerprint density at radius 2 is 1.54 bits per heavy atom. The van der Waals surface area contributed by atoms with Crippen LogP contribution in [0.25, 0.3) is 0 Å². The Balaban J connectivity index is 0.000000413. The van der Waals surface area contributed by atoms with Crippen molar-refractivity contribution in [3.8, 4) is 5.75 Å². The van der Waals surface area contributed by atoms with E-state index in [0.717, 1.165) is 18.8 Å². The number of aryl methyl sites for hydroxylation is 1. The lowest BCUT2D eigenvalue weighted by molar-refractivity contribution is -0.159. The zero-order valence-electron chi connectivity index (χ0n) is 13.7. The lowest BCUT2D eigenvalue weighted by Crippen LogP contribution is -2.13. The third-order valence-electron chi connectivity index (χ3n) is 3.25. The van der Waals surface area contributed by atoms with Crippen LogP contribution in [-0.4, -0.2) is 29.3 Å². The number of carboxylic acids is 2. The Hall–Kier alpha value is -2.86. The number of carboxylic acid groups (broad SMARTS) is 2. The molecule has 0 heterocycles. The van der Waals surface area contributed by atoms with Crippen molar-refractivity contribution in [2.24, 2.45) is 0 Å². The van der Waals surface area contributed by atoms with E-state index in [9.17, 15) is 0 Å². The molecule has 2 aromatic rings. The number of hydrogen-bond acceptors (Lipinski definition) is 4. The smallest absolute Gasteiger partial charge is 0.414 e. The SMILES string of the molecule is COc1ccc(CNCc2ccccc2C)cc1.O=C(O)C(=O)O. The van der Waals surface area contributed by atoms with Crippen molar-refractivity contribution in [2.75, 3.05) is 7.11 Å². The van der Waals surface area contributed by atoms with Crippen molar-refractivity contribution in [2.45, 2.75) is 20.0 Å². The van der Waals surface area contributed by atoms with Gasteiger partial charge in [-0.15, -0.1) is 0 Å². The van der Waals surface area contributed by atoms with E-state index < -0.39 is 11.9 Å². The second-order valence-electron chi connectivity index (χ2n) is 4.99. The quantitative estimate of drug-likeness (QED) is 0.728. The first-order valence-corrected chi connectivity index (χ1v) is 7.28. The first-order valence-electron chi connectivity index (χ1n) is 7.28. The molecule has 128 valence electrons. The largest absolute Gasteiger partial charge is 0.497 e. The molecule has 0 saturated carbocycles. The summed E-state index contributed by atoms with van der Waals surface area (Å²) in [5, 5.41) is 18.2. The number of carbonyl (C=O) groups is 2. The van der Waals surface area contributed by atoms with E-state index in [0.29, 0.717) is 0 Å². The molecule has 0 aromatic heterocycles. The van der Waals surface area contributed by atoms with E-state index in [4.69, 9.17) is 24.5 Å². The normalized spacial score (nSPS) is 9.58. The van der Waals surface area contributed by atoms with Gasteiger partial charge in [0.05, 0.1) is 7.11 Å². The summed E-state index contributed by atoms with van der Waals surface area (Å²) >= 11 is 0. The highest BCUT2D eigenvalue weighted by Gasteiger charge is 2.04. The second-order valence-corrected chi connectivity index (χ2v) is 4.99. The van der Waals surface area contributed by atoms with Crippen LogP contribution in [0.2, 0.25) is 0 Å². The molecule has 0 unspecified atom stereocenters. The minimum Gasteiger partial charge on any atom is -0.497 e. The minimum atomic E-state index is -1.82. The topological polar surface area (TPSA) is 95.9 Å². The van der Waals surface area contributed by atoms with Gasteiger partial charge in [0.15, 0.2) is 0 Å². The van der Waals surface area contributed by atoms with Crippen LogP contribution in [0.1, 0.15) is 16.7 Å². The van der Waals surface area contributed by atoms with Crippen LogP contribution in [0.15, 0.2) is 48.5 Å². The summed E-state index contributed by atoms with van der Waals surface area (Å²) in [6.07, 6.45) is 0. The van der Waals surface area contributed by atoms with E-state index >= 15 is 0 Å². The fourth-order valence-corrected chi connectivity index (χ4v) is 1.89. The highest BCUT2D eigenvalue weighted by molar-refractivity contribution is 6.27. The van der Waals surface area contributed by atoms with E-state index in [2.05, 4.69) is 48.6 Å². The summed E-state index contributed by atoms with van der Waals surface area (Å²) < 4.78 is 5.14. The maximum atomic E-state index is 9.10. The van der Waals surface area contributed by atoms with Gasteiger partial charge in [0.2, 0.25) is 0 Å². The van der Waals surface area contributed by atoms with Gasteiger partial charge in [-0.25, -0.2) is 9.59 Å². The maximum Gasteiger partial charge on any atom is 0.414 e. The van der Waals surface area contributed by atoms with Gasteiger partial charge in [0, 0.05) is 13.1 Å². The molecule has 0 amide bonds.